The van der Waals surface area contributed by atoms with Gasteiger partial charge in [0, 0.05) is 0 Å². The van der Waals surface area contributed by atoms with Gasteiger partial charge in [0.1, 0.15) is 0 Å². The molecule has 0 saturated heterocycles. The Balaban J connectivity index is 1.71. The van der Waals surface area contributed by atoms with Gasteiger partial charge in [-0.05, 0) is 0 Å². The zero-order chi connectivity index (χ0) is 16.8. The molecule has 1 aromatic rings. The van der Waals surface area contributed by atoms with Crippen LogP contribution in [0.1, 0.15) is 12.8 Å². The normalized spacial score (nSPS) is 16.2. The molecule has 2 heterocycles. The molecule has 0 bridgehead atoms. The van der Waals surface area contributed by atoms with Gasteiger partial charge in [-0.1, -0.05) is 0 Å². The number of benzene rings is 1. The Kier molecular flexibility index (Phi) is 7.65. The van der Waals surface area contributed by atoms with Crippen molar-refractivity contribution >= 4 is 77.0 Å². The van der Waals surface area contributed by atoms with Gasteiger partial charge in [0.15, 0.2) is 0 Å². The summed E-state index contributed by atoms with van der Waals surface area (Å²) in [7, 11) is 0. The first-order chi connectivity index (χ1) is 11.8. The van der Waals surface area contributed by atoms with Crippen LogP contribution in [0.5, 0.6) is 0 Å². The van der Waals surface area contributed by atoms with Crippen LogP contribution in [0.25, 0.3) is 0 Å². The van der Waals surface area contributed by atoms with E-state index in [4.69, 9.17) is 10.5 Å². The van der Waals surface area contributed by atoms with E-state index in [1.54, 1.807) is 0 Å². The predicted molar refractivity (Wildman–Crippen MR) is 109 cm³/mol. The molecule has 2 aliphatic rings. The van der Waals surface area contributed by atoms with Gasteiger partial charge in [0.05, 0.1) is 0 Å². The molecule has 2 aliphatic heterocycles. The molecule has 24 heavy (non-hydrogen) atoms. The molecule has 0 fully saturated rings. The van der Waals surface area contributed by atoms with Crippen molar-refractivity contribution < 1.29 is 0 Å². The van der Waals surface area contributed by atoms with Crippen LogP contribution in [0.4, 0.5) is 0 Å². The molecule has 0 unspecified atom stereocenters. The van der Waals surface area contributed by atoms with E-state index in [0.717, 1.165) is 10.6 Å². The number of rotatable bonds is 6. The van der Waals surface area contributed by atoms with Crippen LogP contribution in [0.15, 0.2) is 50.1 Å². The van der Waals surface area contributed by atoms with E-state index >= 15 is 0 Å². The SMILES string of the molecule is N#CCC[Se]C1=C([Se]CCC#N)SC(=C2Sc3ccccc3S2)S1. The first kappa shape index (κ1) is 18.9. The Morgan fingerprint density at radius 1 is 0.750 bits per heavy atom. The summed E-state index contributed by atoms with van der Waals surface area (Å²) in [5.74, 6) is 0. The zero-order valence-electron chi connectivity index (χ0n) is 12.5. The fraction of sp³-hybridized carbons (Fsp3) is 0.250. The molecule has 1 aromatic carbocycles. The second-order valence-corrected chi connectivity index (χ2v) is 15.0. The van der Waals surface area contributed by atoms with Gasteiger partial charge >= 0.3 is 173 Å². The monoisotopic (exact) mass is 520 g/mol. The van der Waals surface area contributed by atoms with E-state index in [-0.39, 0.29) is 0 Å². The second kappa shape index (κ2) is 9.72. The van der Waals surface area contributed by atoms with E-state index in [0.29, 0.717) is 42.8 Å². The molecule has 0 atom stereocenters. The quantitative estimate of drug-likeness (QED) is 0.356. The fourth-order valence-corrected chi connectivity index (χ4v) is 14.6. The Morgan fingerprint density at radius 3 is 1.67 bits per heavy atom. The molecule has 8 heteroatoms. The summed E-state index contributed by atoms with van der Waals surface area (Å²) < 4.78 is 5.80. The Bertz CT molecular complexity index is 716. The van der Waals surface area contributed by atoms with Gasteiger partial charge in [0.25, 0.3) is 0 Å². The van der Waals surface area contributed by atoms with Crippen LogP contribution in [0.3, 0.4) is 0 Å². The third kappa shape index (κ3) is 4.85. The molecule has 0 radical (unpaired) electrons. The summed E-state index contributed by atoms with van der Waals surface area (Å²) in [6, 6.07) is 13.1. The molecule has 0 spiro atoms. The van der Waals surface area contributed by atoms with Crippen LogP contribution in [0.2, 0.25) is 10.6 Å². The van der Waals surface area contributed by atoms with Crippen molar-refractivity contribution in [3.63, 3.8) is 0 Å². The van der Waals surface area contributed by atoms with E-state index in [1.165, 1.54) is 25.9 Å². The van der Waals surface area contributed by atoms with Crippen molar-refractivity contribution in [2.45, 2.75) is 33.3 Å². The van der Waals surface area contributed by atoms with Crippen molar-refractivity contribution in [2.24, 2.45) is 0 Å². The Hall–Kier alpha value is 0.119. The average Bonchev–Trinajstić information content (AvgIpc) is 3.19. The topological polar surface area (TPSA) is 47.6 Å². The molecule has 2 nitrogen and oxygen atoms in total. The number of nitrogens with zero attached hydrogens (tertiary/aromatic N) is 2. The second-order valence-electron chi connectivity index (χ2n) is 4.52. The Morgan fingerprint density at radius 2 is 1.21 bits per heavy atom. The maximum absolute atomic E-state index is 8.79. The predicted octanol–water partition coefficient (Wildman–Crippen LogP) is 5.69. The van der Waals surface area contributed by atoms with Gasteiger partial charge in [-0.2, -0.15) is 0 Å². The van der Waals surface area contributed by atoms with E-state index in [1.807, 2.05) is 47.0 Å². The van der Waals surface area contributed by atoms with Crippen LogP contribution < -0.4 is 0 Å². The number of hydrogen-bond acceptors (Lipinski definition) is 6. The molecular formula is C16H12N2S4Se2. The van der Waals surface area contributed by atoms with Gasteiger partial charge in [0.2, 0.25) is 0 Å². The molecule has 122 valence electrons. The van der Waals surface area contributed by atoms with Gasteiger partial charge in [-0.25, -0.2) is 0 Å². The first-order valence-electron chi connectivity index (χ1n) is 7.10. The van der Waals surface area contributed by atoms with Crippen molar-refractivity contribution in [2.75, 3.05) is 0 Å². The van der Waals surface area contributed by atoms with Gasteiger partial charge in [-0.3, -0.25) is 0 Å². The average molecular weight is 518 g/mol. The molecular weight excluding hydrogens is 506 g/mol. The summed E-state index contributed by atoms with van der Waals surface area (Å²) in [4.78, 5) is 2.71. The summed E-state index contributed by atoms with van der Waals surface area (Å²) in [6.45, 7) is 0. The molecule has 0 N–H and O–H groups in total. The molecule has 0 aromatic heterocycles. The fourth-order valence-electron chi connectivity index (χ4n) is 1.83. The van der Waals surface area contributed by atoms with Crippen LogP contribution in [0, 0.1) is 22.7 Å². The zero-order valence-corrected chi connectivity index (χ0v) is 19.2. The third-order valence-corrected chi connectivity index (χ3v) is 15.3. The van der Waals surface area contributed by atoms with Gasteiger partial charge < -0.3 is 0 Å². The standard InChI is InChI=1S/C16H12N2S4Se2/c17-7-3-9-23-15-16(24-10-4-8-18)22-14(21-15)13-19-11-5-1-2-6-12(11)20-13/h1-2,5-6H,3-4,9-10H2. The number of hydrogen-bond donors (Lipinski definition) is 0. The summed E-state index contributed by atoms with van der Waals surface area (Å²) in [6.07, 6.45) is 1.29. The van der Waals surface area contributed by atoms with Crippen LogP contribution in [-0.4, -0.2) is 29.9 Å². The summed E-state index contributed by atoms with van der Waals surface area (Å²) in [5.41, 5.74) is 0. The van der Waals surface area contributed by atoms with E-state index in [2.05, 4.69) is 36.4 Å². The molecule has 0 aliphatic carbocycles. The minimum absolute atomic E-state index is 0.389. The summed E-state index contributed by atoms with van der Waals surface area (Å²) >= 11 is 8.39. The van der Waals surface area contributed by atoms with E-state index < -0.39 is 0 Å². The van der Waals surface area contributed by atoms with Crippen molar-refractivity contribution in [1.82, 2.24) is 0 Å². The Labute approximate surface area is 172 Å². The number of nitriles is 2. The minimum atomic E-state index is 0.389. The first-order valence-corrected chi connectivity index (χ1v) is 14.5. The van der Waals surface area contributed by atoms with Crippen LogP contribution in [-0.2, 0) is 0 Å². The van der Waals surface area contributed by atoms with Crippen molar-refractivity contribution in [3.8, 4) is 12.1 Å². The van der Waals surface area contributed by atoms with E-state index in [9.17, 15) is 0 Å². The third-order valence-electron chi connectivity index (χ3n) is 2.85. The molecule has 3 rings (SSSR count). The molecule has 0 saturated carbocycles. The number of thioether (sulfide) groups is 4. The molecule has 0 amide bonds. The number of fused-ring (bicyclic) bond motifs is 1. The van der Waals surface area contributed by atoms with Crippen molar-refractivity contribution in [1.29, 1.82) is 10.5 Å². The van der Waals surface area contributed by atoms with Crippen LogP contribution >= 0.6 is 47.0 Å². The summed E-state index contributed by atoms with van der Waals surface area (Å²) in [5, 5.41) is 19.6. The maximum atomic E-state index is 8.79. The van der Waals surface area contributed by atoms with Crippen molar-refractivity contribution in [3.05, 3.63) is 40.3 Å². The van der Waals surface area contributed by atoms with Gasteiger partial charge in [-0.15, -0.1) is 0 Å².